The predicted molar refractivity (Wildman–Crippen MR) is 101 cm³/mol. The molecule has 0 radical (unpaired) electrons. The largest absolute Gasteiger partial charge is 0.326 e. The summed E-state index contributed by atoms with van der Waals surface area (Å²) in [5, 5.41) is 3.37. The third-order valence-electron chi connectivity index (χ3n) is 6.79. The van der Waals surface area contributed by atoms with E-state index >= 15 is 0 Å². The number of aryl methyl sites for hydroxylation is 1. The number of hydrogen-bond donors (Lipinski definition) is 1. The van der Waals surface area contributed by atoms with Crippen molar-refractivity contribution < 1.29 is 14.4 Å². The highest BCUT2D eigenvalue weighted by atomic mass is 35.5. The van der Waals surface area contributed by atoms with Gasteiger partial charge in [0.05, 0.1) is 11.8 Å². The van der Waals surface area contributed by atoms with Crippen molar-refractivity contribution in [2.75, 3.05) is 11.9 Å². The van der Waals surface area contributed by atoms with Crippen molar-refractivity contribution in [3.63, 3.8) is 0 Å². The standard InChI is InChI=1S/C21H21ClN2O3/c1-10-2-3-11(22)8-16(10)23-17(25)6-7-24-20(26)18-12-4-5-13(15-9-14(12)15)19(18)21(24)27/h2-5,8,12-15,18-19H,6-7,9H2,1H3,(H,23,25)/t12-,13-,14-,15-,18-,19+/m1/s1. The third kappa shape index (κ3) is 2.55. The molecule has 3 fully saturated rings. The van der Waals surface area contributed by atoms with Crippen molar-refractivity contribution in [2.24, 2.45) is 35.5 Å². The molecule has 3 amide bonds. The van der Waals surface area contributed by atoms with Gasteiger partial charge in [0.25, 0.3) is 0 Å². The summed E-state index contributed by atoms with van der Waals surface area (Å²) in [7, 11) is 0. The quantitative estimate of drug-likeness (QED) is 0.641. The number of imide groups is 1. The van der Waals surface area contributed by atoms with Crippen LogP contribution in [0, 0.1) is 42.4 Å². The molecule has 2 bridgehead atoms. The Morgan fingerprint density at radius 1 is 1.15 bits per heavy atom. The molecule has 0 aromatic heterocycles. The molecule has 1 N–H and O–H groups in total. The fourth-order valence-electron chi connectivity index (χ4n) is 5.39. The predicted octanol–water partition coefficient (Wildman–Crippen LogP) is 3.03. The Balaban J connectivity index is 1.26. The first kappa shape index (κ1) is 17.0. The Morgan fingerprint density at radius 3 is 2.41 bits per heavy atom. The van der Waals surface area contributed by atoms with Gasteiger partial charge in [0.2, 0.25) is 17.7 Å². The molecule has 4 aliphatic carbocycles. The SMILES string of the molecule is Cc1ccc(Cl)cc1NC(=O)CCN1C(=O)[C@@H]2[C@@H]3C=C[C@H]([C@H]4C[C@H]34)[C@@H]2C1=O. The van der Waals surface area contributed by atoms with Gasteiger partial charge in [-0.05, 0) is 54.7 Å². The maximum atomic E-state index is 12.9. The first-order valence-corrected chi connectivity index (χ1v) is 9.93. The van der Waals surface area contributed by atoms with Crippen LogP contribution in [0.2, 0.25) is 5.02 Å². The summed E-state index contributed by atoms with van der Waals surface area (Å²) >= 11 is 5.98. The smallest absolute Gasteiger partial charge is 0.233 e. The highest BCUT2D eigenvalue weighted by Crippen LogP contribution is 2.65. The number of rotatable bonds is 4. The van der Waals surface area contributed by atoms with E-state index in [0.717, 1.165) is 12.0 Å². The van der Waals surface area contributed by atoms with Crippen LogP contribution in [0.3, 0.4) is 0 Å². The lowest BCUT2D eigenvalue weighted by molar-refractivity contribution is -0.140. The van der Waals surface area contributed by atoms with Crippen molar-refractivity contribution >= 4 is 35.0 Å². The highest BCUT2D eigenvalue weighted by molar-refractivity contribution is 6.31. The van der Waals surface area contributed by atoms with Gasteiger partial charge in [0.15, 0.2) is 0 Å². The van der Waals surface area contributed by atoms with Crippen molar-refractivity contribution in [3.05, 3.63) is 40.9 Å². The van der Waals surface area contributed by atoms with Crippen LogP contribution in [-0.2, 0) is 14.4 Å². The molecule has 6 rings (SSSR count). The van der Waals surface area contributed by atoms with Crippen LogP contribution in [0.1, 0.15) is 18.4 Å². The number of amides is 3. The number of allylic oxidation sites excluding steroid dienone is 2. The number of halogens is 1. The highest BCUT2D eigenvalue weighted by Gasteiger charge is 2.66. The zero-order valence-corrected chi connectivity index (χ0v) is 15.8. The Bertz CT molecular complexity index is 859. The van der Waals surface area contributed by atoms with Crippen LogP contribution in [-0.4, -0.2) is 29.2 Å². The Morgan fingerprint density at radius 2 is 1.78 bits per heavy atom. The van der Waals surface area contributed by atoms with E-state index in [0.29, 0.717) is 22.5 Å². The topological polar surface area (TPSA) is 66.5 Å². The molecule has 5 aliphatic rings. The summed E-state index contributed by atoms with van der Waals surface area (Å²) < 4.78 is 0. The summed E-state index contributed by atoms with van der Waals surface area (Å²) in [4.78, 5) is 39.5. The fraction of sp³-hybridized carbons (Fsp3) is 0.476. The number of hydrogen-bond acceptors (Lipinski definition) is 3. The van der Waals surface area contributed by atoms with Gasteiger partial charge in [-0.3, -0.25) is 19.3 Å². The molecule has 6 heteroatoms. The Labute approximate surface area is 162 Å². The lowest BCUT2D eigenvalue weighted by Gasteiger charge is -2.37. The minimum atomic E-state index is -0.222. The Hall–Kier alpha value is -2.14. The van der Waals surface area contributed by atoms with Gasteiger partial charge in [-0.15, -0.1) is 0 Å². The maximum Gasteiger partial charge on any atom is 0.233 e. The number of nitrogens with one attached hydrogen (secondary N) is 1. The lowest BCUT2D eigenvalue weighted by Crippen LogP contribution is -2.40. The van der Waals surface area contributed by atoms with Crippen LogP contribution in [0.15, 0.2) is 30.4 Å². The first-order chi connectivity index (χ1) is 13.0. The van der Waals surface area contributed by atoms with E-state index < -0.39 is 0 Å². The summed E-state index contributed by atoms with van der Waals surface area (Å²) in [6, 6.07) is 5.30. The van der Waals surface area contributed by atoms with Gasteiger partial charge in [0, 0.05) is 23.7 Å². The van der Waals surface area contributed by atoms with E-state index in [1.54, 1.807) is 12.1 Å². The molecule has 0 spiro atoms. The van der Waals surface area contributed by atoms with Crippen LogP contribution >= 0.6 is 11.6 Å². The molecular formula is C21H21ClN2O3. The molecule has 27 heavy (non-hydrogen) atoms. The van der Waals surface area contributed by atoms with E-state index in [4.69, 9.17) is 11.6 Å². The van der Waals surface area contributed by atoms with Crippen molar-refractivity contribution in [3.8, 4) is 0 Å². The molecule has 140 valence electrons. The number of carbonyl (C=O) groups is 3. The van der Waals surface area contributed by atoms with Crippen LogP contribution < -0.4 is 5.32 Å². The first-order valence-electron chi connectivity index (χ1n) is 9.55. The van der Waals surface area contributed by atoms with Gasteiger partial charge in [-0.2, -0.15) is 0 Å². The van der Waals surface area contributed by atoms with Gasteiger partial charge in [-0.1, -0.05) is 29.8 Å². The molecule has 1 heterocycles. The molecule has 1 aromatic carbocycles. The average Bonchev–Trinajstić information content (AvgIpc) is 3.42. The maximum absolute atomic E-state index is 12.9. The van der Waals surface area contributed by atoms with Crippen LogP contribution in [0.4, 0.5) is 5.69 Å². The van der Waals surface area contributed by atoms with Gasteiger partial charge >= 0.3 is 0 Å². The van der Waals surface area contributed by atoms with Crippen molar-refractivity contribution in [1.82, 2.24) is 4.90 Å². The molecule has 0 unspecified atom stereocenters. The summed E-state index contributed by atoms with van der Waals surface area (Å²) in [6.07, 6.45) is 5.56. The molecule has 6 atom stereocenters. The molecule has 2 saturated carbocycles. The monoisotopic (exact) mass is 384 g/mol. The average molecular weight is 385 g/mol. The third-order valence-corrected chi connectivity index (χ3v) is 7.03. The van der Waals surface area contributed by atoms with Crippen LogP contribution in [0.25, 0.3) is 0 Å². The minimum absolute atomic E-state index is 0.0820. The zero-order valence-electron chi connectivity index (χ0n) is 15.0. The second kappa shape index (κ2) is 5.93. The molecular weight excluding hydrogens is 364 g/mol. The summed E-state index contributed by atoms with van der Waals surface area (Å²) in [5.74, 6) is 0.828. The number of likely N-dealkylation sites (tertiary alicyclic amines) is 1. The molecule has 1 aliphatic heterocycles. The van der Waals surface area contributed by atoms with E-state index in [1.807, 2.05) is 13.0 Å². The van der Waals surface area contributed by atoms with E-state index in [-0.39, 0.29) is 54.4 Å². The van der Waals surface area contributed by atoms with Gasteiger partial charge in [-0.25, -0.2) is 0 Å². The second-order valence-corrected chi connectivity index (χ2v) is 8.68. The van der Waals surface area contributed by atoms with Gasteiger partial charge in [0.1, 0.15) is 0 Å². The summed E-state index contributed by atoms with van der Waals surface area (Å²) in [5.41, 5.74) is 1.57. The van der Waals surface area contributed by atoms with E-state index in [9.17, 15) is 14.4 Å². The number of carbonyl (C=O) groups excluding carboxylic acids is 3. The number of anilines is 1. The van der Waals surface area contributed by atoms with Crippen LogP contribution in [0.5, 0.6) is 0 Å². The normalized spacial score (nSPS) is 35.3. The fourth-order valence-corrected chi connectivity index (χ4v) is 5.57. The summed E-state index contributed by atoms with van der Waals surface area (Å²) in [6.45, 7) is 2.03. The number of benzene rings is 1. The minimum Gasteiger partial charge on any atom is -0.326 e. The molecule has 5 nitrogen and oxygen atoms in total. The van der Waals surface area contributed by atoms with Gasteiger partial charge < -0.3 is 5.32 Å². The zero-order chi connectivity index (χ0) is 18.9. The number of nitrogens with zero attached hydrogens (tertiary/aromatic N) is 1. The van der Waals surface area contributed by atoms with Crippen molar-refractivity contribution in [1.29, 1.82) is 0 Å². The Kier molecular flexibility index (Phi) is 3.73. The van der Waals surface area contributed by atoms with E-state index in [2.05, 4.69) is 17.5 Å². The molecule has 1 saturated heterocycles. The second-order valence-electron chi connectivity index (χ2n) is 8.24. The van der Waals surface area contributed by atoms with Crippen molar-refractivity contribution in [2.45, 2.75) is 19.8 Å². The van der Waals surface area contributed by atoms with E-state index in [1.165, 1.54) is 4.90 Å². The lowest BCUT2D eigenvalue weighted by atomic mass is 9.63. The molecule has 1 aromatic rings.